The fraction of sp³-hybridized carbons (Fsp3) is 0.438. The number of benzene rings is 1. The Balaban J connectivity index is 2.98. The van der Waals surface area contributed by atoms with Crippen LogP contribution in [0.5, 0.6) is 0 Å². The summed E-state index contributed by atoms with van der Waals surface area (Å²) in [5.74, 6) is -0.968. The van der Waals surface area contributed by atoms with E-state index in [4.69, 9.17) is 16.7 Å². The fourth-order valence-corrected chi connectivity index (χ4v) is 2.67. The van der Waals surface area contributed by atoms with E-state index in [0.29, 0.717) is 11.1 Å². The molecule has 5 heteroatoms. The van der Waals surface area contributed by atoms with Crippen molar-refractivity contribution in [1.82, 2.24) is 4.90 Å². The minimum Gasteiger partial charge on any atom is -0.478 e. The molecule has 1 aromatic carbocycles. The van der Waals surface area contributed by atoms with Crippen LogP contribution in [0.15, 0.2) is 24.3 Å². The van der Waals surface area contributed by atoms with Crippen molar-refractivity contribution in [2.24, 2.45) is 0 Å². The van der Waals surface area contributed by atoms with E-state index in [0.717, 1.165) is 30.4 Å². The highest BCUT2D eigenvalue weighted by atomic mass is 35.5. The fourth-order valence-electron chi connectivity index (χ4n) is 2.37. The molecule has 116 valence electrons. The van der Waals surface area contributed by atoms with Crippen molar-refractivity contribution in [3.63, 3.8) is 0 Å². The maximum absolute atomic E-state index is 10.5. The molecule has 0 amide bonds. The first-order valence-electron chi connectivity index (χ1n) is 6.97. The minimum atomic E-state index is -0.968. The highest BCUT2D eigenvalue weighted by molar-refractivity contribution is 6.33. The normalized spacial score (nSPS) is 12.9. The quantitative estimate of drug-likeness (QED) is 0.785. The summed E-state index contributed by atoms with van der Waals surface area (Å²) >= 11 is 6.36. The number of nitrogens with zero attached hydrogens (tertiary/aromatic N) is 2. The molecule has 1 aromatic rings. The molecule has 0 heterocycles. The lowest BCUT2D eigenvalue weighted by atomic mass is 10.1. The predicted molar refractivity (Wildman–Crippen MR) is 89.2 cm³/mol. The number of carboxylic acids is 1. The summed E-state index contributed by atoms with van der Waals surface area (Å²) in [5, 5.41) is 9.28. The molecule has 0 saturated heterocycles. The van der Waals surface area contributed by atoms with Crippen molar-refractivity contribution in [1.29, 1.82) is 0 Å². The van der Waals surface area contributed by atoms with Gasteiger partial charge in [0.15, 0.2) is 0 Å². The number of halogens is 1. The number of hydrogen-bond donors (Lipinski definition) is 1. The van der Waals surface area contributed by atoms with Crippen LogP contribution in [-0.2, 0) is 4.79 Å². The average molecular weight is 311 g/mol. The van der Waals surface area contributed by atoms with Gasteiger partial charge in [-0.15, -0.1) is 0 Å². The van der Waals surface area contributed by atoms with Gasteiger partial charge in [0.1, 0.15) is 0 Å². The monoisotopic (exact) mass is 310 g/mol. The van der Waals surface area contributed by atoms with Gasteiger partial charge in [0, 0.05) is 25.2 Å². The van der Waals surface area contributed by atoms with E-state index < -0.39 is 5.97 Å². The largest absolute Gasteiger partial charge is 0.478 e. The van der Waals surface area contributed by atoms with Crippen molar-refractivity contribution in [2.45, 2.75) is 19.9 Å². The Kier molecular flexibility index (Phi) is 6.72. The van der Waals surface area contributed by atoms with Crippen LogP contribution >= 0.6 is 11.6 Å². The second-order valence-electron chi connectivity index (χ2n) is 5.28. The summed E-state index contributed by atoms with van der Waals surface area (Å²) < 4.78 is 0. The summed E-state index contributed by atoms with van der Waals surface area (Å²) in [4.78, 5) is 14.9. The van der Waals surface area contributed by atoms with Gasteiger partial charge in [-0.25, -0.2) is 4.79 Å². The average Bonchev–Trinajstić information content (AvgIpc) is 2.38. The summed E-state index contributed by atoms with van der Waals surface area (Å²) in [6.45, 7) is 6.06. The van der Waals surface area contributed by atoms with E-state index in [9.17, 15) is 4.79 Å². The van der Waals surface area contributed by atoms with Gasteiger partial charge < -0.3 is 14.9 Å². The number of carbonyl (C=O) groups is 1. The number of carboxylic acid groups (broad SMARTS) is 1. The third-order valence-corrected chi connectivity index (χ3v) is 3.50. The Hall–Kier alpha value is -1.52. The van der Waals surface area contributed by atoms with Crippen LogP contribution in [0, 0.1) is 0 Å². The standard InChI is InChI=1S/C16H23ClN2O2/c1-5-19(12(2)11-18(3)4)15-8-6-13(10-14(15)17)7-9-16(20)21/h6-10,12H,5,11H2,1-4H3,(H,20,21)/b9-7+. The Morgan fingerprint density at radius 1 is 1.43 bits per heavy atom. The third kappa shape index (κ3) is 5.40. The van der Waals surface area contributed by atoms with Gasteiger partial charge in [0.05, 0.1) is 10.7 Å². The highest BCUT2D eigenvalue weighted by Gasteiger charge is 2.16. The van der Waals surface area contributed by atoms with E-state index >= 15 is 0 Å². The van der Waals surface area contributed by atoms with Gasteiger partial charge in [0.25, 0.3) is 0 Å². The zero-order valence-electron chi connectivity index (χ0n) is 13.0. The molecule has 1 rings (SSSR count). The highest BCUT2D eigenvalue weighted by Crippen LogP contribution is 2.29. The van der Waals surface area contributed by atoms with Crippen LogP contribution in [0.25, 0.3) is 6.08 Å². The van der Waals surface area contributed by atoms with E-state index in [1.807, 2.05) is 26.2 Å². The predicted octanol–water partition coefficient (Wildman–Crippen LogP) is 3.21. The molecule has 0 aromatic heterocycles. The summed E-state index contributed by atoms with van der Waals surface area (Å²) in [6.07, 6.45) is 2.65. The molecule has 0 aliphatic carbocycles. The van der Waals surface area contributed by atoms with Gasteiger partial charge in [-0.3, -0.25) is 0 Å². The van der Waals surface area contributed by atoms with Gasteiger partial charge >= 0.3 is 5.97 Å². The molecule has 0 aliphatic rings. The second-order valence-corrected chi connectivity index (χ2v) is 5.69. The van der Waals surface area contributed by atoms with E-state index in [1.165, 1.54) is 6.08 Å². The number of rotatable bonds is 7. The lowest BCUT2D eigenvalue weighted by Crippen LogP contribution is -2.40. The molecule has 21 heavy (non-hydrogen) atoms. The first kappa shape index (κ1) is 17.5. The van der Waals surface area contributed by atoms with Gasteiger partial charge in [-0.1, -0.05) is 17.7 Å². The molecule has 1 atom stereocenters. The van der Waals surface area contributed by atoms with Gasteiger partial charge in [-0.2, -0.15) is 0 Å². The number of anilines is 1. The van der Waals surface area contributed by atoms with Crippen molar-refractivity contribution in [3.05, 3.63) is 34.9 Å². The lowest BCUT2D eigenvalue weighted by Gasteiger charge is -2.32. The lowest BCUT2D eigenvalue weighted by molar-refractivity contribution is -0.131. The van der Waals surface area contributed by atoms with Crippen molar-refractivity contribution < 1.29 is 9.90 Å². The Morgan fingerprint density at radius 3 is 2.57 bits per heavy atom. The van der Waals surface area contributed by atoms with Crippen LogP contribution in [-0.4, -0.2) is 49.2 Å². The summed E-state index contributed by atoms with van der Waals surface area (Å²) in [6, 6.07) is 5.95. The zero-order valence-corrected chi connectivity index (χ0v) is 13.8. The molecule has 0 aliphatic heterocycles. The molecule has 0 fully saturated rings. The Labute approximate surface area is 131 Å². The Morgan fingerprint density at radius 2 is 2.10 bits per heavy atom. The first-order valence-corrected chi connectivity index (χ1v) is 7.34. The maximum atomic E-state index is 10.5. The topological polar surface area (TPSA) is 43.8 Å². The number of hydrogen-bond acceptors (Lipinski definition) is 3. The second kappa shape index (κ2) is 8.05. The Bertz CT molecular complexity index is 515. The molecule has 4 nitrogen and oxygen atoms in total. The van der Waals surface area contributed by atoms with Crippen molar-refractivity contribution in [2.75, 3.05) is 32.1 Å². The molecule has 0 saturated carbocycles. The van der Waals surface area contributed by atoms with Crippen LogP contribution < -0.4 is 4.90 Å². The summed E-state index contributed by atoms with van der Waals surface area (Å²) in [5.41, 5.74) is 1.75. The van der Waals surface area contributed by atoms with Gasteiger partial charge in [-0.05, 0) is 51.7 Å². The smallest absolute Gasteiger partial charge is 0.328 e. The zero-order chi connectivity index (χ0) is 16.0. The summed E-state index contributed by atoms with van der Waals surface area (Å²) in [7, 11) is 4.09. The molecule has 0 radical (unpaired) electrons. The molecule has 0 bridgehead atoms. The van der Waals surface area contributed by atoms with Crippen LogP contribution in [0.3, 0.4) is 0 Å². The SMILES string of the molecule is CCN(c1ccc(/C=C/C(=O)O)cc1Cl)C(C)CN(C)C. The maximum Gasteiger partial charge on any atom is 0.328 e. The van der Waals surface area contributed by atoms with E-state index in [2.05, 4.69) is 23.6 Å². The van der Waals surface area contributed by atoms with Crippen LogP contribution in [0.1, 0.15) is 19.4 Å². The number of likely N-dealkylation sites (N-methyl/N-ethyl adjacent to an activating group) is 2. The van der Waals surface area contributed by atoms with Crippen molar-refractivity contribution in [3.8, 4) is 0 Å². The minimum absolute atomic E-state index is 0.336. The number of aliphatic carboxylic acids is 1. The molecule has 1 N–H and O–H groups in total. The van der Waals surface area contributed by atoms with Crippen molar-refractivity contribution >= 4 is 29.3 Å². The first-order chi connectivity index (χ1) is 9.85. The molecule has 1 unspecified atom stereocenters. The van der Waals surface area contributed by atoms with E-state index in [1.54, 1.807) is 6.07 Å². The van der Waals surface area contributed by atoms with Crippen LogP contribution in [0.4, 0.5) is 5.69 Å². The van der Waals surface area contributed by atoms with E-state index in [-0.39, 0.29) is 0 Å². The molecular formula is C16H23ClN2O2. The molecule has 0 spiro atoms. The molecular weight excluding hydrogens is 288 g/mol. The third-order valence-electron chi connectivity index (χ3n) is 3.20. The van der Waals surface area contributed by atoms with Crippen LogP contribution in [0.2, 0.25) is 5.02 Å². The van der Waals surface area contributed by atoms with Gasteiger partial charge in [0.2, 0.25) is 0 Å².